The molecule has 0 radical (unpaired) electrons. The van der Waals surface area contributed by atoms with Gasteiger partial charge in [0.1, 0.15) is 5.75 Å². The first kappa shape index (κ1) is 15.4. The van der Waals surface area contributed by atoms with Crippen molar-refractivity contribution in [2.24, 2.45) is 5.92 Å². The minimum Gasteiger partial charge on any atom is -0.492 e. The molecule has 0 bridgehead atoms. The molecule has 0 heterocycles. The van der Waals surface area contributed by atoms with Crippen LogP contribution in [0, 0.1) is 5.92 Å². The van der Waals surface area contributed by atoms with Gasteiger partial charge in [0.25, 0.3) is 0 Å². The molecule has 2 rings (SSSR count). The van der Waals surface area contributed by atoms with Crippen molar-refractivity contribution in [1.29, 1.82) is 0 Å². The zero-order valence-electron chi connectivity index (χ0n) is 9.47. The highest BCUT2D eigenvalue weighted by atomic mass is 35.5. The summed E-state index contributed by atoms with van der Waals surface area (Å²) in [7, 11) is 0. The van der Waals surface area contributed by atoms with Gasteiger partial charge in [-0.15, -0.1) is 12.4 Å². The summed E-state index contributed by atoms with van der Waals surface area (Å²) in [5.74, 6) is 0.578. The Kier molecular flexibility index (Phi) is 5.17. The summed E-state index contributed by atoms with van der Waals surface area (Å²) >= 11 is 5.80. The maximum Gasteiger partial charge on any atom is 0.416 e. The van der Waals surface area contributed by atoms with Gasteiger partial charge in [0, 0.05) is 0 Å². The fraction of sp³-hybridized carbons (Fsp3) is 0.500. The Morgan fingerprint density at radius 2 is 1.94 bits per heavy atom. The van der Waals surface area contributed by atoms with E-state index in [1.54, 1.807) is 0 Å². The van der Waals surface area contributed by atoms with Crippen LogP contribution in [0.2, 0.25) is 5.02 Å². The molecular weight excluding hydrogens is 288 g/mol. The van der Waals surface area contributed by atoms with Crippen LogP contribution in [-0.2, 0) is 6.18 Å². The third-order valence-electron chi connectivity index (χ3n) is 2.96. The molecular formula is C12H13Cl2F3O. The van der Waals surface area contributed by atoms with Gasteiger partial charge in [-0.3, -0.25) is 0 Å². The third kappa shape index (κ3) is 3.69. The van der Waals surface area contributed by atoms with Gasteiger partial charge >= 0.3 is 6.18 Å². The van der Waals surface area contributed by atoms with Crippen molar-refractivity contribution < 1.29 is 17.9 Å². The van der Waals surface area contributed by atoms with Crippen LogP contribution in [0.5, 0.6) is 5.75 Å². The molecule has 0 amide bonds. The maximum atomic E-state index is 12.5. The van der Waals surface area contributed by atoms with Crippen molar-refractivity contribution in [2.45, 2.75) is 25.4 Å². The monoisotopic (exact) mass is 300 g/mol. The van der Waals surface area contributed by atoms with Gasteiger partial charge < -0.3 is 4.74 Å². The molecule has 0 aliphatic heterocycles. The van der Waals surface area contributed by atoms with Gasteiger partial charge in [-0.1, -0.05) is 18.0 Å². The second-order valence-electron chi connectivity index (χ2n) is 4.25. The van der Waals surface area contributed by atoms with E-state index in [1.807, 2.05) is 0 Å². The van der Waals surface area contributed by atoms with E-state index in [0.29, 0.717) is 12.5 Å². The quantitative estimate of drug-likeness (QED) is 0.766. The minimum absolute atomic E-state index is 0. The zero-order chi connectivity index (χ0) is 12.5. The molecule has 0 spiro atoms. The molecule has 1 fully saturated rings. The summed E-state index contributed by atoms with van der Waals surface area (Å²) in [5, 5.41) is 0.220. The van der Waals surface area contributed by atoms with Crippen LogP contribution in [0.4, 0.5) is 13.2 Å². The zero-order valence-corrected chi connectivity index (χ0v) is 11.0. The molecule has 0 aromatic heterocycles. The lowest BCUT2D eigenvalue weighted by molar-refractivity contribution is -0.137. The highest BCUT2D eigenvalue weighted by Gasteiger charge is 2.31. The predicted molar refractivity (Wildman–Crippen MR) is 66.5 cm³/mol. The van der Waals surface area contributed by atoms with E-state index in [9.17, 15) is 13.2 Å². The molecule has 1 aliphatic rings. The highest BCUT2D eigenvalue weighted by molar-refractivity contribution is 6.32. The van der Waals surface area contributed by atoms with Gasteiger partial charge in [0.05, 0.1) is 17.2 Å². The molecule has 0 saturated heterocycles. The van der Waals surface area contributed by atoms with Crippen molar-refractivity contribution in [3.63, 3.8) is 0 Å². The van der Waals surface area contributed by atoms with Crippen LogP contribution in [0.3, 0.4) is 0 Å². The average Bonchev–Trinajstić information content (AvgIpc) is 2.16. The summed E-state index contributed by atoms with van der Waals surface area (Å²) in [4.78, 5) is 0. The number of rotatable bonds is 3. The van der Waals surface area contributed by atoms with Crippen LogP contribution in [0.15, 0.2) is 18.2 Å². The third-order valence-corrected chi connectivity index (χ3v) is 3.27. The van der Waals surface area contributed by atoms with Crippen molar-refractivity contribution in [1.82, 2.24) is 0 Å². The minimum atomic E-state index is -4.36. The average molecular weight is 301 g/mol. The predicted octanol–water partition coefficient (Wildman–Crippen LogP) is 4.96. The molecule has 0 unspecified atom stereocenters. The van der Waals surface area contributed by atoms with Crippen molar-refractivity contribution >= 4 is 24.0 Å². The summed E-state index contributed by atoms with van der Waals surface area (Å²) in [5.41, 5.74) is -0.731. The lowest BCUT2D eigenvalue weighted by Crippen LogP contribution is -2.19. The molecule has 1 nitrogen and oxygen atoms in total. The largest absolute Gasteiger partial charge is 0.492 e. The van der Waals surface area contributed by atoms with Crippen LogP contribution < -0.4 is 4.74 Å². The summed E-state index contributed by atoms with van der Waals surface area (Å²) < 4.78 is 42.8. The van der Waals surface area contributed by atoms with E-state index in [-0.39, 0.29) is 23.2 Å². The smallest absolute Gasteiger partial charge is 0.416 e. The normalized spacial score (nSPS) is 15.8. The summed E-state index contributed by atoms with van der Waals surface area (Å²) in [6, 6.07) is 3.14. The van der Waals surface area contributed by atoms with Crippen LogP contribution in [0.1, 0.15) is 24.8 Å². The van der Waals surface area contributed by atoms with Gasteiger partial charge in [0.2, 0.25) is 0 Å². The molecule has 18 heavy (non-hydrogen) atoms. The molecule has 6 heteroatoms. The van der Waals surface area contributed by atoms with Gasteiger partial charge in [0.15, 0.2) is 0 Å². The Hall–Kier alpha value is -0.610. The molecule has 0 atom stereocenters. The molecule has 1 aliphatic carbocycles. The van der Waals surface area contributed by atoms with Crippen molar-refractivity contribution in [2.75, 3.05) is 6.61 Å². The number of hydrogen-bond donors (Lipinski definition) is 0. The number of hydrogen-bond acceptors (Lipinski definition) is 1. The first-order chi connectivity index (χ1) is 7.97. The number of ether oxygens (including phenoxy) is 1. The SMILES string of the molecule is Cl.FC(F)(F)c1ccc(Cl)c(OCC2CCC2)c1. The van der Waals surface area contributed by atoms with Crippen molar-refractivity contribution in [3.8, 4) is 5.75 Å². The van der Waals surface area contributed by atoms with Crippen LogP contribution in [-0.4, -0.2) is 6.61 Å². The van der Waals surface area contributed by atoms with Gasteiger partial charge in [-0.25, -0.2) is 0 Å². The van der Waals surface area contributed by atoms with E-state index < -0.39 is 11.7 Å². The Morgan fingerprint density at radius 1 is 1.28 bits per heavy atom. The van der Waals surface area contributed by atoms with Crippen molar-refractivity contribution in [3.05, 3.63) is 28.8 Å². The second-order valence-corrected chi connectivity index (χ2v) is 4.66. The lowest BCUT2D eigenvalue weighted by atomic mass is 9.86. The Morgan fingerprint density at radius 3 is 2.44 bits per heavy atom. The molecule has 102 valence electrons. The lowest BCUT2D eigenvalue weighted by Gasteiger charge is -2.25. The van der Waals surface area contributed by atoms with Gasteiger partial charge in [-0.2, -0.15) is 13.2 Å². The number of alkyl halides is 3. The van der Waals surface area contributed by atoms with E-state index in [1.165, 1.54) is 12.5 Å². The van der Waals surface area contributed by atoms with Crippen LogP contribution >= 0.6 is 24.0 Å². The molecule has 1 aromatic rings. The number of halogens is 5. The van der Waals surface area contributed by atoms with Gasteiger partial charge in [-0.05, 0) is 37.0 Å². The van der Waals surface area contributed by atoms with E-state index in [2.05, 4.69) is 0 Å². The Balaban J connectivity index is 0.00000162. The fourth-order valence-corrected chi connectivity index (χ4v) is 1.83. The molecule has 1 saturated carbocycles. The standard InChI is InChI=1S/C12H12ClF3O.ClH/c13-10-5-4-9(12(14,15)16)6-11(10)17-7-8-2-1-3-8;/h4-6,8H,1-3,7H2;1H. The Bertz CT molecular complexity index is 403. The Labute approximate surface area is 115 Å². The van der Waals surface area contributed by atoms with E-state index in [0.717, 1.165) is 25.0 Å². The first-order valence-electron chi connectivity index (χ1n) is 5.46. The summed E-state index contributed by atoms with van der Waals surface area (Å²) in [6.45, 7) is 0.445. The molecule has 0 N–H and O–H groups in total. The fourth-order valence-electron chi connectivity index (χ4n) is 1.66. The first-order valence-corrected chi connectivity index (χ1v) is 5.84. The van der Waals surface area contributed by atoms with Crippen LogP contribution in [0.25, 0.3) is 0 Å². The van der Waals surface area contributed by atoms with E-state index >= 15 is 0 Å². The molecule has 1 aromatic carbocycles. The summed E-state index contributed by atoms with van der Waals surface area (Å²) in [6.07, 6.45) is -1.03. The van der Waals surface area contributed by atoms with E-state index in [4.69, 9.17) is 16.3 Å². The maximum absolute atomic E-state index is 12.5. The highest BCUT2D eigenvalue weighted by Crippen LogP contribution is 2.35. The topological polar surface area (TPSA) is 9.23 Å². The number of benzene rings is 1. The second kappa shape index (κ2) is 6.02.